The molecule has 0 spiro atoms. The fourth-order valence-corrected chi connectivity index (χ4v) is 2.92. The van der Waals surface area contributed by atoms with Gasteiger partial charge in [0.1, 0.15) is 0 Å². The van der Waals surface area contributed by atoms with Crippen molar-refractivity contribution in [3.8, 4) is 0 Å². The van der Waals surface area contributed by atoms with Crippen molar-refractivity contribution >= 4 is 5.69 Å². The van der Waals surface area contributed by atoms with Crippen LogP contribution in [0.5, 0.6) is 0 Å². The monoisotopic (exact) mass is 276 g/mol. The van der Waals surface area contributed by atoms with E-state index in [4.69, 9.17) is 0 Å². The van der Waals surface area contributed by atoms with Crippen LogP contribution in [0, 0.1) is 12.8 Å². The van der Waals surface area contributed by atoms with Crippen LogP contribution in [0.4, 0.5) is 5.69 Å². The molecule has 0 bridgehead atoms. The van der Waals surface area contributed by atoms with Gasteiger partial charge in [0, 0.05) is 31.9 Å². The molecule has 0 saturated carbocycles. The summed E-state index contributed by atoms with van der Waals surface area (Å²) in [5, 5.41) is 12.8. The molecule has 0 radical (unpaired) electrons. The van der Waals surface area contributed by atoms with E-state index in [-0.39, 0.29) is 0 Å². The number of aliphatic hydroxyl groups is 1. The van der Waals surface area contributed by atoms with Gasteiger partial charge in [-0.2, -0.15) is 0 Å². The second-order valence-corrected chi connectivity index (χ2v) is 5.92. The van der Waals surface area contributed by atoms with Gasteiger partial charge in [-0.25, -0.2) is 0 Å². The van der Waals surface area contributed by atoms with Gasteiger partial charge < -0.3 is 15.3 Å². The molecule has 2 rings (SSSR count). The fourth-order valence-electron chi connectivity index (χ4n) is 2.92. The van der Waals surface area contributed by atoms with Crippen LogP contribution in [0.25, 0.3) is 0 Å². The van der Waals surface area contributed by atoms with Crippen molar-refractivity contribution in [1.29, 1.82) is 0 Å². The third-order valence-corrected chi connectivity index (χ3v) is 4.21. The average molecular weight is 276 g/mol. The van der Waals surface area contributed by atoms with Crippen molar-refractivity contribution in [3.63, 3.8) is 0 Å². The fraction of sp³-hybridized carbons (Fsp3) is 0.647. The Hall–Kier alpha value is -1.06. The Morgan fingerprint density at radius 3 is 2.95 bits per heavy atom. The first-order valence-electron chi connectivity index (χ1n) is 7.90. The largest absolute Gasteiger partial charge is 0.396 e. The first kappa shape index (κ1) is 15.3. The highest BCUT2D eigenvalue weighted by molar-refractivity contribution is 5.51. The van der Waals surface area contributed by atoms with Crippen molar-refractivity contribution in [1.82, 2.24) is 5.32 Å². The molecule has 1 heterocycles. The highest BCUT2D eigenvalue weighted by Gasteiger charge is 2.19. The SMILES string of the molecule is CCCNCc1ccc(N2CCCC(CO)C2)cc1C. The number of benzene rings is 1. The molecule has 20 heavy (non-hydrogen) atoms. The van der Waals surface area contributed by atoms with Gasteiger partial charge in [0.2, 0.25) is 0 Å². The Morgan fingerprint density at radius 2 is 2.25 bits per heavy atom. The number of anilines is 1. The summed E-state index contributed by atoms with van der Waals surface area (Å²) in [6.07, 6.45) is 3.52. The van der Waals surface area contributed by atoms with Gasteiger partial charge in [0.15, 0.2) is 0 Å². The van der Waals surface area contributed by atoms with Crippen LogP contribution in [-0.4, -0.2) is 31.3 Å². The standard InChI is InChI=1S/C17H28N2O/c1-3-8-18-11-16-6-7-17(10-14(16)2)19-9-4-5-15(12-19)13-20/h6-7,10,15,18,20H,3-5,8-9,11-13H2,1-2H3. The summed E-state index contributed by atoms with van der Waals surface area (Å²) in [7, 11) is 0. The predicted octanol–water partition coefficient (Wildman–Crippen LogP) is 2.70. The summed E-state index contributed by atoms with van der Waals surface area (Å²) in [6.45, 7) is 8.84. The van der Waals surface area contributed by atoms with Crippen LogP contribution < -0.4 is 10.2 Å². The minimum absolute atomic E-state index is 0.314. The highest BCUT2D eigenvalue weighted by Crippen LogP contribution is 2.25. The molecule has 1 atom stereocenters. The van der Waals surface area contributed by atoms with Gasteiger partial charge >= 0.3 is 0 Å². The maximum Gasteiger partial charge on any atom is 0.0476 e. The molecule has 1 aliphatic heterocycles. The summed E-state index contributed by atoms with van der Waals surface area (Å²) in [4.78, 5) is 2.42. The van der Waals surface area contributed by atoms with E-state index in [0.717, 1.165) is 32.6 Å². The van der Waals surface area contributed by atoms with E-state index in [0.29, 0.717) is 12.5 Å². The van der Waals surface area contributed by atoms with Crippen molar-refractivity contribution < 1.29 is 5.11 Å². The van der Waals surface area contributed by atoms with E-state index in [2.05, 4.69) is 42.3 Å². The quantitative estimate of drug-likeness (QED) is 0.784. The Morgan fingerprint density at radius 1 is 1.40 bits per heavy atom. The van der Waals surface area contributed by atoms with Crippen LogP contribution >= 0.6 is 0 Å². The lowest BCUT2D eigenvalue weighted by molar-refractivity contribution is 0.208. The molecule has 0 aliphatic carbocycles. The molecule has 0 amide bonds. The molecule has 1 fully saturated rings. The molecule has 0 aromatic heterocycles. The zero-order valence-electron chi connectivity index (χ0n) is 12.9. The number of aliphatic hydroxyl groups excluding tert-OH is 1. The minimum atomic E-state index is 0.314. The molecule has 2 N–H and O–H groups in total. The van der Waals surface area contributed by atoms with E-state index in [1.54, 1.807) is 0 Å². The Labute approximate surface area is 123 Å². The molecule has 1 unspecified atom stereocenters. The summed E-state index contributed by atoms with van der Waals surface area (Å²) < 4.78 is 0. The van der Waals surface area contributed by atoms with Gasteiger partial charge in [0.25, 0.3) is 0 Å². The van der Waals surface area contributed by atoms with Crippen molar-refractivity contribution in [3.05, 3.63) is 29.3 Å². The maximum atomic E-state index is 9.34. The van der Waals surface area contributed by atoms with Crippen LogP contribution in [-0.2, 0) is 6.54 Å². The van der Waals surface area contributed by atoms with Crippen molar-refractivity contribution in [2.24, 2.45) is 5.92 Å². The van der Waals surface area contributed by atoms with E-state index >= 15 is 0 Å². The Balaban J connectivity index is 2.00. The lowest BCUT2D eigenvalue weighted by Crippen LogP contribution is -2.36. The molecule has 3 nitrogen and oxygen atoms in total. The molecule has 112 valence electrons. The van der Waals surface area contributed by atoms with E-state index in [1.165, 1.54) is 29.7 Å². The normalized spacial score (nSPS) is 19.4. The molecule has 1 aliphatic rings. The van der Waals surface area contributed by atoms with Gasteiger partial charge in [0.05, 0.1) is 0 Å². The summed E-state index contributed by atoms with van der Waals surface area (Å²) in [5.41, 5.74) is 4.05. The van der Waals surface area contributed by atoms with E-state index in [1.807, 2.05) is 0 Å². The van der Waals surface area contributed by atoms with E-state index in [9.17, 15) is 5.11 Å². The Kier molecular flexibility index (Phi) is 5.86. The van der Waals surface area contributed by atoms with Gasteiger partial charge in [-0.05, 0) is 61.9 Å². The third-order valence-electron chi connectivity index (χ3n) is 4.21. The topological polar surface area (TPSA) is 35.5 Å². The maximum absolute atomic E-state index is 9.34. The molecule has 1 aromatic carbocycles. The van der Waals surface area contributed by atoms with Crippen LogP contribution in [0.3, 0.4) is 0 Å². The number of nitrogens with zero attached hydrogens (tertiary/aromatic N) is 1. The number of aryl methyl sites for hydroxylation is 1. The van der Waals surface area contributed by atoms with Crippen molar-refractivity contribution in [2.45, 2.75) is 39.7 Å². The number of piperidine rings is 1. The average Bonchev–Trinajstić information content (AvgIpc) is 2.49. The van der Waals surface area contributed by atoms with Crippen molar-refractivity contribution in [2.75, 3.05) is 31.1 Å². The summed E-state index contributed by atoms with van der Waals surface area (Å²) >= 11 is 0. The Bertz CT molecular complexity index is 419. The lowest BCUT2D eigenvalue weighted by Gasteiger charge is -2.34. The van der Waals surface area contributed by atoms with Crippen LogP contribution in [0.1, 0.15) is 37.3 Å². The summed E-state index contributed by atoms with van der Waals surface area (Å²) in [6, 6.07) is 6.77. The first-order chi connectivity index (χ1) is 9.74. The first-order valence-corrected chi connectivity index (χ1v) is 7.90. The van der Waals surface area contributed by atoms with Gasteiger partial charge in [-0.3, -0.25) is 0 Å². The number of hydrogen-bond acceptors (Lipinski definition) is 3. The smallest absolute Gasteiger partial charge is 0.0476 e. The number of nitrogens with one attached hydrogen (secondary N) is 1. The zero-order valence-corrected chi connectivity index (χ0v) is 12.9. The minimum Gasteiger partial charge on any atom is -0.396 e. The van der Waals surface area contributed by atoms with Gasteiger partial charge in [-0.15, -0.1) is 0 Å². The number of hydrogen-bond donors (Lipinski definition) is 2. The van der Waals surface area contributed by atoms with Crippen LogP contribution in [0.15, 0.2) is 18.2 Å². The second kappa shape index (κ2) is 7.65. The van der Waals surface area contributed by atoms with Crippen LogP contribution in [0.2, 0.25) is 0 Å². The molecular weight excluding hydrogens is 248 g/mol. The molecule has 3 heteroatoms. The summed E-state index contributed by atoms with van der Waals surface area (Å²) in [5.74, 6) is 0.440. The molecular formula is C17H28N2O. The highest BCUT2D eigenvalue weighted by atomic mass is 16.3. The number of rotatable bonds is 6. The zero-order chi connectivity index (χ0) is 14.4. The molecule has 1 saturated heterocycles. The third kappa shape index (κ3) is 3.97. The van der Waals surface area contributed by atoms with E-state index < -0.39 is 0 Å². The lowest BCUT2D eigenvalue weighted by atomic mass is 9.98. The molecule has 1 aromatic rings. The second-order valence-electron chi connectivity index (χ2n) is 5.92. The van der Waals surface area contributed by atoms with Gasteiger partial charge in [-0.1, -0.05) is 13.0 Å². The predicted molar refractivity (Wildman–Crippen MR) is 85.2 cm³/mol.